The van der Waals surface area contributed by atoms with Crippen molar-refractivity contribution in [3.8, 4) is 11.5 Å². The summed E-state index contributed by atoms with van der Waals surface area (Å²) in [6, 6.07) is 4.80. The van der Waals surface area contributed by atoms with Crippen molar-refractivity contribution in [3.05, 3.63) is 23.8 Å². The van der Waals surface area contributed by atoms with E-state index in [1.165, 1.54) is 19.6 Å². The number of phenolic OH excluding ortho intramolecular Hbond substituents is 1. The predicted octanol–water partition coefficient (Wildman–Crippen LogP) is 2.07. The van der Waals surface area contributed by atoms with Gasteiger partial charge in [-0.15, -0.1) is 0 Å². The molecule has 0 aromatic heterocycles. The van der Waals surface area contributed by atoms with Gasteiger partial charge in [-0.25, -0.2) is 0 Å². The van der Waals surface area contributed by atoms with Gasteiger partial charge in [0.25, 0.3) is 0 Å². The lowest BCUT2D eigenvalue weighted by molar-refractivity contribution is 0.0913. The molecule has 0 atom stereocenters. The van der Waals surface area contributed by atoms with Gasteiger partial charge in [0.05, 0.1) is 19.2 Å². The van der Waals surface area contributed by atoms with E-state index in [4.69, 9.17) is 4.74 Å². The van der Waals surface area contributed by atoms with Crippen LogP contribution in [0.2, 0.25) is 0 Å². The average Bonchev–Trinajstić information content (AvgIpc) is 2.39. The van der Waals surface area contributed by atoms with E-state index in [2.05, 4.69) is 4.90 Å². The van der Waals surface area contributed by atoms with Crippen LogP contribution in [0.1, 0.15) is 29.6 Å². The van der Waals surface area contributed by atoms with Gasteiger partial charge in [0, 0.05) is 6.07 Å². The van der Waals surface area contributed by atoms with Crippen LogP contribution in [0.3, 0.4) is 0 Å². The largest absolute Gasteiger partial charge is 0.507 e. The monoisotopic (exact) mass is 249 g/mol. The number of likely N-dealkylation sites (tertiary alicyclic amines) is 1. The van der Waals surface area contributed by atoms with Crippen LogP contribution in [0.5, 0.6) is 11.5 Å². The molecular weight excluding hydrogens is 230 g/mol. The van der Waals surface area contributed by atoms with E-state index in [-0.39, 0.29) is 11.5 Å². The summed E-state index contributed by atoms with van der Waals surface area (Å²) in [7, 11) is 1.53. The number of hydrogen-bond acceptors (Lipinski definition) is 4. The van der Waals surface area contributed by atoms with E-state index >= 15 is 0 Å². The summed E-state index contributed by atoms with van der Waals surface area (Å²) in [6.45, 7) is 2.34. The second-order valence-corrected chi connectivity index (χ2v) is 4.64. The van der Waals surface area contributed by atoms with Crippen molar-refractivity contribution >= 4 is 5.78 Å². The highest BCUT2D eigenvalue weighted by Crippen LogP contribution is 2.24. The molecule has 1 N–H and O–H groups in total. The smallest absolute Gasteiger partial charge is 0.180 e. The summed E-state index contributed by atoms with van der Waals surface area (Å²) in [4.78, 5) is 14.2. The number of rotatable bonds is 4. The molecular formula is C14H19NO3. The lowest BCUT2D eigenvalue weighted by Crippen LogP contribution is -2.34. The Morgan fingerprint density at radius 3 is 2.67 bits per heavy atom. The molecule has 4 heteroatoms. The van der Waals surface area contributed by atoms with E-state index in [9.17, 15) is 9.90 Å². The zero-order valence-corrected chi connectivity index (χ0v) is 10.7. The molecule has 0 spiro atoms. The Bertz CT molecular complexity index is 425. The number of aromatic hydroxyl groups is 1. The van der Waals surface area contributed by atoms with E-state index in [0.717, 1.165) is 25.9 Å². The second kappa shape index (κ2) is 5.87. The van der Waals surface area contributed by atoms with E-state index in [1.54, 1.807) is 12.1 Å². The first kappa shape index (κ1) is 12.9. The predicted molar refractivity (Wildman–Crippen MR) is 69.3 cm³/mol. The minimum absolute atomic E-state index is 0.00337. The summed E-state index contributed by atoms with van der Waals surface area (Å²) in [5, 5.41) is 9.80. The van der Waals surface area contributed by atoms with Gasteiger partial charge in [-0.05, 0) is 38.1 Å². The second-order valence-electron chi connectivity index (χ2n) is 4.64. The van der Waals surface area contributed by atoms with Gasteiger partial charge in [0.15, 0.2) is 5.78 Å². The lowest BCUT2D eigenvalue weighted by Gasteiger charge is -2.25. The topological polar surface area (TPSA) is 49.8 Å². The Morgan fingerprint density at radius 2 is 2.06 bits per heavy atom. The number of phenols is 1. The number of Topliss-reactive ketones (excluding diaryl/α,β-unsaturated/α-hetero) is 1. The maximum atomic E-state index is 12.1. The summed E-state index contributed by atoms with van der Waals surface area (Å²) < 4.78 is 5.00. The number of carbonyl (C=O) groups excluding carboxylic acids is 1. The summed E-state index contributed by atoms with van der Waals surface area (Å²) >= 11 is 0. The van der Waals surface area contributed by atoms with Gasteiger partial charge in [-0.1, -0.05) is 6.42 Å². The van der Waals surface area contributed by atoms with Crippen LogP contribution in [0, 0.1) is 0 Å². The third-order valence-electron chi connectivity index (χ3n) is 3.32. The highest BCUT2D eigenvalue weighted by molar-refractivity contribution is 6.00. The van der Waals surface area contributed by atoms with Crippen molar-refractivity contribution < 1.29 is 14.6 Å². The molecule has 98 valence electrons. The molecule has 18 heavy (non-hydrogen) atoms. The maximum absolute atomic E-state index is 12.1. The molecule has 1 aromatic rings. The SMILES string of the molecule is COc1ccc(C(=O)CN2CCCCC2)c(O)c1. The van der Waals surface area contributed by atoms with Gasteiger partial charge in [-0.3, -0.25) is 9.69 Å². The van der Waals surface area contributed by atoms with Crippen molar-refractivity contribution in [2.75, 3.05) is 26.7 Å². The third-order valence-corrected chi connectivity index (χ3v) is 3.32. The summed E-state index contributed by atoms with van der Waals surface area (Å²) in [5.41, 5.74) is 0.376. The van der Waals surface area contributed by atoms with Gasteiger partial charge in [0.1, 0.15) is 11.5 Å². The number of hydrogen-bond donors (Lipinski definition) is 1. The molecule has 0 aliphatic carbocycles. The quantitative estimate of drug-likeness (QED) is 0.830. The van der Waals surface area contributed by atoms with Crippen LogP contribution in [0.4, 0.5) is 0 Å². The van der Waals surface area contributed by atoms with Crippen molar-refractivity contribution in [1.82, 2.24) is 4.90 Å². The van der Waals surface area contributed by atoms with Crippen LogP contribution >= 0.6 is 0 Å². The number of nitrogens with zero attached hydrogens (tertiary/aromatic N) is 1. The average molecular weight is 249 g/mol. The van der Waals surface area contributed by atoms with Gasteiger partial charge in [-0.2, -0.15) is 0 Å². The fourth-order valence-corrected chi connectivity index (χ4v) is 2.28. The molecule has 4 nitrogen and oxygen atoms in total. The summed E-state index contributed by atoms with van der Waals surface area (Å²) in [6.07, 6.45) is 3.56. The highest BCUT2D eigenvalue weighted by Gasteiger charge is 2.17. The molecule has 0 bridgehead atoms. The molecule has 1 aromatic carbocycles. The first-order valence-electron chi connectivity index (χ1n) is 6.33. The normalized spacial score (nSPS) is 16.5. The van der Waals surface area contributed by atoms with E-state index in [0.29, 0.717) is 17.9 Å². The van der Waals surface area contributed by atoms with Crippen LogP contribution in [0.25, 0.3) is 0 Å². The lowest BCUT2D eigenvalue weighted by atomic mass is 10.1. The van der Waals surface area contributed by atoms with Crippen LogP contribution in [-0.4, -0.2) is 42.5 Å². The molecule has 1 saturated heterocycles. The number of ketones is 1. The molecule has 1 aliphatic rings. The van der Waals surface area contributed by atoms with Gasteiger partial charge >= 0.3 is 0 Å². The number of ether oxygens (including phenoxy) is 1. The fraction of sp³-hybridized carbons (Fsp3) is 0.500. The first-order chi connectivity index (χ1) is 8.70. The minimum Gasteiger partial charge on any atom is -0.507 e. The van der Waals surface area contributed by atoms with Crippen LogP contribution in [0.15, 0.2) is 18.2 Å². The Morgan fingerprint density at radius 1 is 1.33 bits per heavy atom. The molecule has 2 rings (SSSR count). The van der Waals surface area contributed by atoms with Gasteiger partial charge in [0.2, 0.25) is 0 Å². The molecule has 0 radical (unpaired) electrons. The maximum Gasteiger partial charge on any atom is 0.180 e. The molecule has 0 amide bonds. The number of piperidine rings is 1. The van der Waals surface area contributed by atoms with Crippen molar-refractivity contribution in [2.24, 2.45) is 0 Å². The van der Waals surface area contributed by atoms with Crippen LogP contribution in [-0.2, 0) is 0 Å². The molecule has 1 fully saturated rings. The zero-order valence-electron chi connectivity index (χ0n) is 10.7. The molecule has 0 unspecified atom stereocenters. The highest BCUT2D eigenvalue weighted by atomic mass is 16.5. The molecule has 0 saturated carbocycles. The minimum atomic E-state index is -0.0305. The molecule has 1 aliphatic heterocycles. The standard InChI is InChI=1S/C14H19NO3/c1-18-11-5-6-12(13(16)9-11)14(17)10-15-7-3-2-4-8-15/h5-6,9,16H,2-4,7-8,10H2,1H3. The Kier molecular flexibility index (Phi) is 4.20. The fourth-order valence-electron chi connectivity index (χ4n) is 2.28. The first-order valence-corrected chi connectivity index (χ1v) is 6.33. The molecule has 1 heterocycles. The number of carbonyl (C=O) groups is 1. The number of methoxy groups -OCH3 is 1. The van der Waals surface area contributed by atoms with Crippen molar-refractivity contribution in [2.45, 2.75) is 19.3 Å². The van der Waals surface area contributed by atoms with Gasteiger partial charge < -0.3 is 9.84 Å². The summed E-state index contributed by atoms with van der Waals surface area (Å²) in [5.74, 6) is 0.524. The Labute approximate surface area is 107 Å². The van der Waals surface area contributed by atoms with E-state index in [1.807, 2.05) is 0 Å². The van der Waals surface area contributed by atoms with Crippen LogP contribution < -0.4 is 4.74 Å². The van der Waals surface area contributed by atoms with Crippen molar-refractivity contribution in [3.63, 3.8) is 0 Å². The van der Waals surface area contributed by atoms with E-state index < -0.39 is 0 Å². The Balaban J connectivity index is 2.03. The third kappa shape index (κ3) is 3.01. The van der Waals surface area contributed by atoms with Crippen molar-refractivity contribution in [1.29, 1.82) is 0 Å². The number of benzene rings is 1. The Hall–Kier alpha value is -1.55. The zero-order chi connectivity index (χ0) is 13.0.